The fourth-order valence-corrected chi connectivity index (χ4v) is 5.16. The van der Waals surface area contributed by atoms with Crippen LogP contribution in [0.5, 0.6) is 0 Å². The summed E-state index contributed by atoms with van der Waals surface area (Å²) in [5, 5.41) is 14.7. The zero-order valence-corrected chi connectivity index (χ0v) is 14.5. The minimum atomic E-state index is -1.14. The molecule has 1 aromatic heterocycles. The standard InChI is InChI=1S/C17H21NO5S/c1-3-10-7-11(17(22)23-2)15(24-10)18-14(19)12-8-4-5-9(6-8)13(12)16(20)21/h7-9,12-13H,3-6H2,1-2H3,(H,18,19)(H,20,21)/p-1/t8-,9+,12-,13+/m1/s1. The number of thiophene rings is 1. The zero-order valence-electron chi connectivity index (χ0n) is 13.7. The van der Waals surface area contributed by atoms with E-state index in [-0.39, 0.29) is 17.7 Å². The van der Waals surface area contributed by atoms with Crippen LogP contribution in [0.25, 0.3) is 0 Å². The largest absolute Gasteiger partial charge is 0.550 e. The summed E-state index contributed by atoms with van der Waals surface area (Å²) in [6, 6.07) is 1.71. The topological polar surface area (TPSA) is 95.5 Å². The maximum Gasteiger partial charge on any atom is 0.340 e. The molecule has 2 saturated carbocycles. The first-order chi connectivity index (χ1) is 11.5. The highest BCUT2D eigenvalue weighted by atomic mass is 32.1. The van der Waals surface area contributed by atoms with Crippen LogP contribution in [0.4, 0.5) is 5.00 Å². The Kier molecular flexibility index (Phi) is 4.62. The molecule has 0 aromatic carbocycles. The maximum absolute atomic E-state index is 12.7. The van der Waals surface area contributed by atoms with E-state index in [9.17, 15) is 19.5 Å². The summed E-state index contributed by atoms with van der Waals surface area (Å²) in [6.45, 7) is 1.96. The van der Waals surface area contributed by atoms with E-state index < -0.39 is 23.8 Å². The van der Waals surface area contributed by atoms with E-state index in [1.807, 2.05) is 6.92 Å². The van der Waals surface area contributed by atoms with Gasteiger partial charge in [-0.3, -0.25) is 4.79 Å². The van der Waals surface area contributed by atoms with Crippen LogP contribution in [-0.2, 0) is 20.7 Å². The second kappa shape index (κ2) is 6.55. The Morgan fingerprint density at radius 1 is 1.29 bits per heavy atom. The molecule has 1 N–H and O–H groups in total. The third-order valence-corrected chi connectivity index (χ3v) is 6.46. The first-order valence-electron chi connectivity index (χ1n) is 8.19. The number of carboxylic acids is 1. The van der Waals surface area contributed by atoms with E-state index in [0.29, 0.717) is 10.6 Å². The second-order valence-corrected chi connectivity index (χ2v) is 7.63. The number of ether oxygens (including phenoxy) is 1. The summed E-state index contributed by atoms with van der Waals surface area (Å²) in [4.78, 5) is 37.0. The highest BCUT2D eigenvalue weighted by molar-refractivity contribution is 7.16. The fraction of sp³-hybridized carbons (Fsp3) is 0.588. The van der Waals surface area contributed by atoms with E-state index in [1.165, 1.54) is 18.4 Å². The number of hydrogen-bond donors (Lipinski definition) is 1. The van der Waals surface area contributed by atoms with Crippen molar-refractivity contribution in [3.8, 4) is 0 Å². The molecule has 0 radical (unpaired) electrons. The average molecular weight is 350 g/mol. The molecule has 4 atom stereocenters. The van der Waals surface area contributed by atoms with Crippen LogP contribution < -0.4 is 10.4 Å². The molecule has 2 aliphatic rings. The molecular weight excluding hydrogens is 330 g/mol. The molecule has 2 fully saturated rings. The Bertz CT molecular complexity index is 683. The number of rotatable bonds is 5. The molecule has 2 aliphatic carbocycles. The van der Waals surface area contributed by atoms with Crippen molar-refractivity contribution >= 4 is 34.2 Å². The number of esters is 1. The molecule has 3 rings (SSSR count). The number of nitrogens with one attached hydrogen (secondary N) is 1. The Morgan fingerprint density at radius 2 is 1.96 bits per heavy atom. The summed E-state index contributed by atoms with van der Waals surface area (Å²) in [7, 11) is 1.29. The van der Waals surface area contributed by atoms with Gasteiger partial charge in [-0.2, -0.15) is 0 Å². The fourth-order valence-electron chi connectivity index (χ4n) is 4.17. The molecule has 0 aliphatic heterocycles. The van der Waals surface area contributed by atoms with Crippen molar-refractivity contribution < 1.29 is 24.2 Å². The van der Waals surface area contributed by atoms with Crippen LogP contribution in [0.3, 0.4) is 0 Å². The Balaban J connectivity index is 1.83. The number of methoxy groups -OCH3 is 1. The van der Waals surface area contributed by atoms with E-state index in [0.717, 1.165) is 30.6 Å². The third kappa shape index (κ3) is 2.81. The molecule has 1 aromatic rings. The van der Waals surface area contributed by atoms with Crippen molar-refractivity contribution in [3.05, 3.63) is 16.5 Å². The van der Waals surface area contributed by atoms with E-state index >= 15 is 0 Å². The van der Waals surface area contributed by atoms with Crippen molar-refractivity contribution in [2.45, 2.75) is 32.6 Å². The lowest BCUT2D eigenvalue weighted by Crippen LogP contribution is -2.44. The van der Waals surface area contributed by atoms with Crippen molar-refractivity contribution in [2.24, 2.45) is 23.7 Å². The highest BCUT2D eigenvalue weighted by Crippen LogP contribution is 2.52. The van der Waals surface area contributed by atoms with Gasteiger partial charge in [0.2, 0.25) is 5.91 Å². The van der Waals surface area contributed by atoms with Gasteiger partial charge in [0.15, 0.2) is 0 Å². The molecule has 7 heteroatoms. The maximum atomic E-state index is 12.7. The number of anilines is 1. The first-order valence-corrected chi connectivity index (χ1v) is 9.00. The van der Waals surface area contributed by atoms with E-state index in [2.05, 4.69) is 5.32 Å². The van der Waals surface area contributed by atoms with Crippen molar-refractivity contribution in [1.82, 2.24) is 0 Å². The summed E-state index contributed by atoms with van der Waals surface area (Å²) in [5.41, 5.74) is 0.320. The van der Waals surface area contributed by atoms with Gasteiger partial charge in [0, 0.05) is 22.7 Å². The van der Waals surface area contributed by atoms with Gasteiger partial charge in [0.05, 0.1) is 12.7 Å². The Hall–Kier alpha value is -1.89. The quantitative estimate of drug-likeness (QED) is 0.811. The van der Waals surface area contributed by atoms with Crippen molar-refractivity contribution in [2.75, 3.05) is 12.4 Å². The van der Waals surface area contributed by atoms with Crippen molar-refractivity contribution in [1.29, 1.82) is 0 Å². The number of amides is 1. The average Bonchev–Trinajstić information content (AvgIpc) is 3.27. The van der Waals surface area contributed by atoms with E-state index in [1.54, 1.807) is 6.07 Å². The van der Waals surface area contributed by atoms with Gasteiger partial charge in [-0.25, -0.2) is 4.79 Å². The number of aryl methyl sites for hydroxylation is 1. The summed E-state index contributed by atoms with van der Waals surface area (Å²) in [5.74, 6) is -3.16. The van der Waals surface area contributed by atoms with Gasteiger partial charge in [0.1, 0.15) is 5.00 Å². The molecular formula is C17H20NO5S-. The number of carboxylic acid groups (broad SMARTS) is 1. The lowest BCUT2D eigenvalue weighted by atomic mass is 9.79. The molecule has 1 heterocycles. The van der Waals surface area contributed by atoms with Crippen LogP contribution >= 0.6 is 11.3 Å². The first kappa shape index (κ1) is 17.0. The van der Waals surface area contributed by atoms with Gasteiger partial charge in [0.25, 0.3) is 0 Å². The predicted octanol–water partition coefficient (Wildman–Crippen LogP) is 1.45. The summed E-state index contributed by atoms with van der Waals surface area (Å²) in [6.07, 6.45) is 3.23. The molecule has 1 amide bonds. The van der Waals surface area contributed by atoms with Crippen LogP contribution in [0.15, 0.2) is 6.07 Å². The Morgan fingerprint density at radius 3 is 2.54 bits per heavy atom. The molecule has 0 saturated heterocycles. The summed E-state index contributed by atoms with van der Waals surface area (Å²) < 4.78 is 4.76. The summed E-state index contributed by atoms with van der Waals surface area (Å²) >= 11 is 1.32. The van der Waals surface area contributed by atoms with E-state index in [4.69, 9.17) is 4.74 Å². The zero-order chi connectivity index (χ0) is 17.4. The van der Waals surface area contributed by atoms with Crippen LogP contribution in [0.2, 0.25) is 0 Å². The van der Waals surface area contributed by atoms with Gasteiger partial charge in [-0.1, -0.05) is 6.92 Å². The number of fused-ring (bicyclic) bond motifs is 2. The Labute approximate surface area is 144 Å². The molecule has 0 unspecified atom stereocenters. The number of hydrogen-bond acceptors (Lipinski definition) is 6. The van der Waals surface area contributed by atoms with Crippen LogP contribution in [-0.4, -0.2) is 25.0 Å². The normalized spacial score (nSPS) is 27.9. The van der Waals surface area contributed by atoms with Crippen LogP contribution in [0.1, 0.15) is 41.4 Å². The molecule has 6 nitrogen and oxygen atoms in total. The lowest BCUT2D eigenvalue weighted by Gasteiger charge is -2.30. The van der Waals surface area contributed by atoms with Gasteiger partial charge < -0.3 is 20.0 Å². The second-order valence-electron chi connectivity index (χ2n) is 6.49. The minimum absolute atomic E-state index is 0.0327. The SMILES string of the molecule is CCc1cc(C(=O)OC)c(NC(=O)[C@@H]2[C@@H]3CC[C@@H](C3)[C@@H]2C(=O)[O-])s1. The third-order valence-electron chi connectivity index (χ3n) is 5.26. The van der Waals surface area contributed by atoms with Gasteiger partial charge in [-0.05, 0) is 43.6 Å². The monoisotopic (exact) mass is 350 g/mol. The number of carbonyl (C=O) groups is 3. The lowest BCUT2D eigenvalue weighted by molar-refractivity contribution is -0.314. The molecule has 2 bridgehead atoms. The molecule has 0 spiro atoms. The van der Waals surface area contributed by atoms with Gasteiger partial charge >= 0.3 is 5.97 Å². The minimum Gasteiger partial charge on any atom is -0.550 e. The molecule has 24 heavy (non-hydrogen) atoms. The van der Waals surface area contributed by atoms with Crippen LogP contribution in [0, 0.1) is 23.7 Å². The number of aliphatic carboxylic acids is 1. The highest BCUT2D eigenvalue weighted by Gasteiger charge is 2.51. The molecule has 130 valence electrons. The van der Waals surface area contributed by atoms with Crippen molar-refractivity contribution in [3.63, 3.8) is 0 Å². The van der Waals surface area contributed by atoms with Gasteiger partial charge in [-0.15, -0.1) is 11.3 Å². The number of carbonyl (C=O) groups excluding carboxylic acids is 3. The smallest absolute Gasteiger partial charge is 0.340 e. The predicted molar refractivity (Wildman–Crippen MR) is 86.5 cm³/mol.